The molecule has 0 saturated carbocycles. The Morgan fingerprint density at radius 1 is 1.33 bits per heavy atom. The van der Waals surface area contributed by atoms with Crippen LogP contribution in [-0.4, -0.2) is 24.5 Å². The molecule has 5 nitrogen and oxygen atoms in total. The Labute approximate surface area is 129 Å². The number of rotatable bonds is 4. The first-order valence-corrected chi connectivity index (χ1v) is 7.74. The van der Waals surface area contributed by atoms with Crippen LogP contribution in [0.15, 0.2) is 0 Å². The van der Waals surface area contributed by atoms with E-state index in [4.69, 9.17) is 10.5 Å². The first-order valence-electron chi connectivity index (χ1n) is 6.93. The molecule has 0 aliphatic heterocycles. The Morgan fingerprint density at radius 2 is 1.90 bits per heavy atom. The monoisotopic (exact) mass is 312 g/mol. The zero-order valence-electron chi connectivity index (χ0n) is 13.5. The predicted molar refractivity (Wildman–Crippen MR) is 85.8 cm³/mol. The van der Waals surface area contributed by atoms with Gasteiger partial charge < -0.3 is 15.8 Å². The molecule has 0 radical (unpaired) electrons. The number of thiophene rings is 1. The lowest BCUT2D eigenvalue weighted by atomic mass is 9.87. The number of amides is 1. The van der Waals surface area contributed by atoms with E-state index in [1.165, 1.54) is 11.3 Å². The van der Waals surface area contributed by atoms with Crippen LogP contribution in [0, 0.1) is 19.3 Å². The van der Waals surface area contributed by atoms with Gasteiger partial charge in [0.25, 0.3) is 0 Å². The minimum atomic E-state index is -0.657. The molecule has 0 bridgehead atoms. The molecule has 21 heavy (non-hydrogen) atoms. The number of esters is 1. The summed E-state index contributed by atoms with van der Waals surface area (Å²) in [6.07, 6.45) is 0. The van der Waals surface area contributed by atoms with Crippen molar-refractivity contribution >= 4 is 28.2 Å². The third-order valence-corrected chi connectivity index (χ3v) is 4.44. The van der Waals surface area contributed by atoms with Crippen molar-refractivity contribution in [2.45, 2.75) is 47.6 Å². The summed E-state index contributed by atoms with van der Waals surface area (Å²) >= 11 is 1.36. The maximum Gasteiger partial charge on any atom is 0.341 e. The van der Waals surface area contributed by atoms with Gasteiger partial charge in [-0.3, -0.25) is 4.79 Å². The van der Waals surface area contributed by atoms with E-state index in [0.29, 0.717) is 17.2 Å². The van der Waals surface area contributed by atoms with Gasteiger partial charge in [0.05, 0.1) is 18.2 Å². The second kappa shape index (κ2) is 6.58. The van der Waals surface area contributed by atoms with Crippen molar-refractivity contribution in [3.8, 4) is 0 Å². The van der Waals surface area contributed by atoms with E-state index < -0.39 is 12.0 Å². The number of hydrogen-bond donors (Lipinski definition) is 2. The molecule has 1 aromatic rings. The van der Waals surface area contributed by atoms with Gasteiger partial charge in [0.1, 0.15) is 5.00 Å². The van der Waals surface area contributed by atoms with E-state index in [0.717, 1.165) is 10.4 Å². The predicted octanol–water partition coefficient (Wildman–Crippen LogP) is 2.85. The molecular weight excluding hydrogens is 288 g/mol. The Kier molecular flexibility index (Phi) is 5.53. The smallest absolute Gasteiger partial charge is 0.341 e. The van der Waals surface area contributed by atoms with Gasteiger partial charge in [0, 0.05) is 4.88 Å². The molecule has 3 N–H and O–H groups in total. The molecule has 0 spiro atoms. The first kappa shape index (κ1) is 17.7. The summed E-state index contributed by atoms with van der Waals surface area (Å²) in [5.74, 6) is -0.715. The van der Waals surface area contributed by atoms with Crippen LogP contribution in [0.3, 0.4) is 0 Å². The summed E-state index contributed by atoms with van der Waals surface area (Å²) in [5, 5.41) is 3.28. The number of carbonyl (C=O) groups excluding carboxylic acids is 2. The molecular formula is C15H24N2O3S. The molecule has 1 atom stereocenters. The fourth-order valence-corrected chi connectivity index (χ4v) is 2.80. The van der Waals surface area contributed by atoms with Crippen molar-refractivity contribution in [1.82, 2.24) is 0 Å². The molecule has 6 heteroatoms. The van der Waals surface area contributed by atoms with Crippen LogP contribution in [-0.2, 0) is 9.53 Å². The molecule has 0 saturated heterocycles. The number of aryl methyl sites for hydroxylation is 1. The highest BCUT2D eigenvalue weighted by Gasteiger charge is 2.29. The Balaban J connectivity index is 3.07. The fraction of sp³-hybridized carbons (Fsp3) is 0.600. The third kappa shape index (κ3) is 4.04. The lowest BCUT2D eigenvalue weighted by molar-refractivity contribution is -0.119. The van der Waals surface area contributed by atoms with Gasteiger partial charge in [-0.15, -0.1) is 11.3 Å². The zero-order chi connectivity index (χ0) is 16.4. The average molecular weight is 312 g/mol. The summed E-state index contributed by atoms with van der Waals surface area (Å²) in [6, 6.07) is -0.657. The minimum absolute atomic E-state index is 0.294. The lowest BCUT2D eigenvalue weighted by Crippen LogP contribution is -2.45. The van der Waals surface area contributed by atoms with Crippen LogP contribution in [0.1, 0.15) is 48.5 Å². The van der Waals surface area contributed by atoms with E-state index >= 15 is 0 Å². The molecule has 0 fully saturated rings. The molecule has 0 aliphatic carbocycles. The molecule has 0 aliphatic rings. The van der Waals surface area contributed by atoms with E-state index in [2.05, 4.69) is 5.32 Å². The number of nitrogens with one attached hydrogen (secondary N) is 1. The van der Waals surface area contributed by atoms with Crippen LogP contribution in [0.25, 0.3) is 0 Å². The van der Waals surface area contributed by atoms with Crippen LogP contribution >= 0.6 is 11.3 Å². The first-order chi connectivity index (χ1) is 9.59. The number of carbonyl (C=O) groups is 2. The SMILES string of the molecule is CCOC(=O)c1c(NC(=O)[C@@H](N)C(C)(C)C)sc(C)c1C. The zero-order valence-corrected chi connectivity index (χ0v) is 14.3. The van der Waals surface area contributed by atoms with Gasteiger partial charge in [-0.25, -0.2) is 4.79 Å². The largest absolute Gasteiger partial charge is 0.462 e. The van der Waals surface area contributed by atoms with Crippen LogP contribution < -0.4 is 11.1 Å². The van der Waals surface area contributed by atoms with Crippen molar-refractivity contribution in [2.75, 3.05) is 11.9 Å². The molecule has 1 rings (SSSR count). The van der Waals surface area contributed by atoms with Crippen LogP contribution in [0.5, 0.6) is 0 Å². The Hall–Kier alpha value is -1.40. The van der Waals surface area contributed by atoms with E-state index in [-0.39, 0.29) is 11.3 Å². The van der Waals surface area contributed by atoms with Crippen molar-refractivity contribution < 1.29 is 14.3 Å². The molecule has 1 heterocycles. The van der Waals surface area contributed by atoms with Crippen LogP contribution in [0.4, 0.5) is 5.00 Å². The van der Waals surface area contributed by atoms with Gasteiger partial charge in [-0.05, 0) is 31.7 Å². The summed E-state index contributed by atoms with van der Waals surface area (Å²) in [7, 11) is 0. The van der Waals surface area contributed by atoms with Crippen molar-refractivity contribution in [2.24, 2.45) is 11.1 Å². The second-order valence-corrected chi connectivity index (χ2v) is 7.27. The number of nitrogens with two attached hydrogens (primary N) is 1. The quantitative estimate of drug-likeness (QED) is 0.838. The highest BCUT2D eigenvalue weighted by molar-refractivity contribution is 7.16. The summed E-state index contributed by atoms with van der Waals surface area (Å²) in [5.41, 5.74) is 6.85. The molecule has 0 unspecified atom stereocenters. The number of anilines is 1. The van der Waals surface area contributed by atoms with Gasteiger partial charge in [0.15, 0.2) is 0 Å². The molecule has 118 valence electrons. The van der Waals surface area contributed by atoms with Crippen molar-refractivity contribution in [3.63, 3.8) is 0 Å². The maximum atomic E-state index is 12.2. The topological polar surface area (TPSA) is 81.4 Å². The average Bonchev–Trinajstić information content (AvgIpc) is 2.63. The summed E-state index contributed by atoms with van der Waals surface area (Å²) < 4.78 is 5.06. The second-order valence-electron chi connectivity index (χ2n) is 6.04. The molecule has 0 aromatic carbocycles. The summed E-state index contributed by atoms with van der Waals surface area (Å²) in [4.78, 5) is 25.3. The minimum Gasteiger partial charge on any atom is -0.462 e. The Bertz CT molecular complexity index is 544. The van der Waals surface area contributed by atoms with E-state index in [9.17, 15) is 9.59 Å². The van der Waals surface area contributed by atoms with E-state index in [1.54, 1.807) is 6.92 Å². The standard InChI is InChI=1S/C15H24N2O3S/c1-7-20-14(19)10-8(2)9(3)21-13(10)17-12(18)11(16)15(4,5)6/h11H,7,16H2,1-6H3,(H,17,18)/t11-/m1/s1. The van der Waals surface area contributed by atoms with Crippen molar-refractivity contribution in [3.05, 3.63) is 16.0 Å². The maximum absolute atomic E-state index is 12.2. The number of hydrogen-bond acceptors (Lipinski definition) is 5. The van der Waals surface area contributed by atoms with E-state index in [1.807, 2.05) is 34.6 Å². The number of ether oxygens (including phenoxy) is 1. The van der Waals surface area contributed by atoms with Gasteiger partial charge in [0.2, 0.25) is 5.91 Å². The van der Waals surface area contributed by atoms with Gasteiger partial charge in [-0.1, -0.05) is 20.8 Å². The van der Waals surface area contributed by atoms with Crippen LogP contribution in [0.2, 0.25) is 0 Å². The summed E-state index contributed by atoms with van der Waals surface area (Å²) in [6.45, 7) is 11.5. The highest BCUT2D eigenvalue weighted by Crippen LogP contribution is 2.33. The van der Waals surface area contributed by atoms with Gasteiger partial charge >= 0.3 is 5.97 Å². The fourth-order valence-electron chi connectivity index (χ4n) is 1.75. The normalized spacial score (nSPS) is 12.9. The van der Waals surface area contributed by atoms with Crippen molar-refractivity contribution in [1.29, 1.82) is 0 Å². The highest BCUT2D eigenvalue weighted by atomic mass is 32.1. The molecule has 1 amide bonds. The van der Waals surface area contributed by atoms with Gasteiger partial charge in [-0.2, -0.15) is 0 Å². The lowest BCUT2D eigenvalue weighted by Gasteiger charge is -2.25. The third-order valence-electron chi connectivity index (χ3n) is 3.32. The molecule has 1 aromatic heterocycles. The Morgan fingerprint density at radius 3 is 2.38 bits per heavy atom.